The van der Waals surface area contributed by atoms with E-state index in [2.05, 4.69) is 10.6 Å². The van der Waals surface area contributed by atoms with Crippen molar-refractivity contribution in [2.24, 2.45) is 0 Å². The van der Waals surface area contributed by atoms with Crippen LogP contribution in [-0.4, -0.2) is 18.5 Å². The average molecular weight is 289 g/mol. The van der Waals surface area contributed by atoms with Gasteiger partial charge >= 0.3 is 0 Å². The Bertz CT molecular complexity index is 392. The molecule has 0 saturated carbocycles. The predicted octanol–water partition coefficient (Wildman–Crippen LogP) is 2.52. The van der Waals surface area contributed by atoms with Crippen molar-refractivity contribution < 1.29 is 4.79 Å². The molecule has 1 heterocycles. The number of carbonyl (C=O) groups is 1. The lowest BCUT2D eigenvalue weighted by molar-refractivity contribution is -0.123. The lowest BCUT2D eigenvalue weighted by Crippen LogP contribution is -2.46. The van der Waals surface area contributed by atoms with Crippen molar-refractivity contribution in [1.29, 1.82) is 0 Å². The lowest BCUT2D eigenvalue weighted by Gasteiger charge is -2.22. The number of amides is 1. The van der Waals surface area contributed by atoms with Gasteiger partial charge in [-0.25, -0.2) is 0 Å². The van der Waals surface area contributed by atoms with Gasteiger partial charge in [-0.1, -0.05) is 36.2 Å². The molecule has 1 fully saturated rings. The Morgan fingerprint density at radius 3 is 2.83 bits per heavy atom. The van der Waals surface area contributed by atoms with E-state index < -0.39 is 0 Å². The number of halogens is 2. The van der Waals surface area contributed by atoms with Crippen molar-refractivity contribution in [2.75, 3.05) is 6.54 Å². The van der Waals surface area contributed by atoms with Crippen LogP contribution in [0.25, 0.3) is 0 Å². The zero-order chi connectivity index (χ0) is 12.1. The molecule has 2 N–H and O–H groups in total. The quantitative estimate of drug-likeness (QED) is 0.897. The highest BCUT2D eigenvalue weighted by molar-refractivity contribution is 6.31. The molecule has 5 heteroatoms. The summed E-state index contributed by atoms with van der Waals surface area (Å²) in [6.07, 6.45) is 3.21. The molecule has 0 aliphatic carbocycles. The fourth-order valence-corrected chi connectivity index (χ4v) is 2.23. The van der Waals surface area contributed by atoms with E-state index in [-0.39, 0.29) is 24.4 Å². The van der Waals surface area contributed by atoms with E-state index in [9.17, 15) is 4.79 Å². The van der Waals surface area contributed by atoms with Crippen LogP contribution >= 0.6 is 24.0 Å². The smallest absolute Gasteiger partial charge is 0.237 e. The molecule has 0 aromatic heterocycles. The van der Waals surface area contributed by atoms with E-state index in [1.54, 1.807) is 0 Å². The van der Waals surface area contributed by atoms with E-state index in [1.165, 1.54) is 0 Å². The van der Waals surface area contributed by atoms with Crippen LogP contribution in [0.1, 0.15) is 24.8 Å². The summed E-state index contributed by atoms with van der Waals surface area (Å²) in [6, 6.07) is 7.53. The number of nitrogens with one attached hydrogen (secondary N) is 2. The monoisotopic (exact) mass is 288 g/mol. The summed E-state index contributed by atoms with van der Waals surface area (Å²) in [6.45, 7) is 1.43. The fourth-order valence-electron chi connectivity index (χ4n) is 2.02. The van der Waals surface area contributed by atoms with Gasteiger partial charge in [0, 0.05) is 11.6 Å². The first-order chi connectivity index (χ1) is 8.27. The first-order valence-electron chi connectivity index (χ1n) is 6.02. The maximum Gasteiger partial charge on any atom is 0.237 e. The molecule has 0 spiro atoms. The van der Waals surface area contributed by atoms with E-state index in [0.29, 0.717) is 11.6 Å². The summed E-state index contributed by atoms with van der Waals surface area (Å²) in [4.78, 5) is 11.9. The Hall–Kier alpha value is -0.770. The standard InChI is InChI=1S/C13H17ClN2O.ClH/c14-11-6-2-1-5-10(11)9-16-13(17)12-7-3-4-8-15-12;/h1-2,5-6,12,15H,3-4,7-9H2,(H,16,17);1H/t12-;/m0./s1. The number of piperidine rings is 1. The van der Waals surface area contributed by atoms with Crippen molar-refractivity contribution >= 4 is 29.9 Å². The van der Waals surface area contributed by atoms with Gasteiger partial charge in [-0.15, -0.1) is 12.4 Å². The van der Waals surface area contributed by atoms with Crippen LogP contribution in [0.3, 0.4) is 0 Å². The Morgan fingerprint density at radius 1 is 1.39 bits per heavy atom. The van der Waals surface area contributed by atoms with Gasteiger partial charge in [-0.2, -0.15) is 0 Å². The fraction of sp³-hybridized carbons (Fsp3) is 0.462. The Morgan fingerprint density at radius 2 is 2.17 bits per heavy atom. The third-order valence-corrected chi connectivity index (χ3v) is 3.41. The van der Waals surface area contributed by atoms with Crippen LogP contribution in [0.2, 0.25) is 5.02 Å². The molecule has 1 aromatic carbocycles. The van der Waals surface area contributed by atoms with Gasteiger partial charge in [0.25, 0.3) is 0 Å². The second kappa shape index (κ2) is 7.62. The van der Waals surface area contributed by atoms with Crippen LogP contribution in [-0.2, 0) is 11.3 Å². The summed E-state index contributed by atoms with van der Waals surface area (Å²) in [5.41, 5.74) is 0.957. The van der Waals surface area contributed by atoms with Gasteiger partial charge in [0.1, 0.15) is 0 Å². The SMILES string of the molecule is Cl.O=C(NCc1ccccc1Cl)[C@@H]1CCCCN1. The minimum Gasteiger partial charge on any atom is -0.351 e. The summed E-state index contributed by atoms with van der Waals surface area (Å²) in [5, 5.41) is 6.85. The molecule has 1 aromatic rings. The molecule has 100 valence electrons. The number of benzene rings is 1. The van der Waals surface area contributed by atoms with Gasteiger partial charge in [0.2, 0.25) is 5.91 Å². The van der Waals surface area contributed by atoms with Gasteiger partial charge in [0.15, 0.2) is 0 Å². The molecule has 1 atom stereocenters. The first-order valence-corrected chi connectivity index (χ1v) is 6.39. The zero-order valence-electron chi connectivity index (χ0n) is 10.1. The molecule has 0 unspecified atom stereocenters. The highest BCUT2D eigenvalue weighted by Crippen LogP contribution is 2.14. The van der Waals surface area contributed by atoms with Gasteiger partial charge in [-0.05, 0) is 31.0 Å². The molecular formula is C13H18Cl2N2O. The summed E-state index contributed by atoms with van der Waals surface area (Å²) in [5.74, 6) is 0.0737. The first kappa shape index (κ1) is 15.3. The Balaban J connectivity index is 0.00000162. The van der Waals surface area contributed by atoms with Crippen LogP contribution in [0.5, 0.6) is 0 Å². The van der Waals surface area contributed by atoms with Crippen LogP contribution in [0, 0.1) is 0 Å². The van der Waals surface area contributed by atoms with Crippen LogP contribution in [0.4, 0.5) is 0 Å². The molecule has 0 bridgehead atoms. The van der Waals surface area contributed by atoms with Crippen molar-refractivity contribution in [3.63, 3.8) is 0 Å². The second-order valence-electron chi connectivity index (χ2n) is 4.31. The van der Waals surface area contributed by atoms with E-state index in [4.69, 9.17) is 11.6 Å². The molecule has 18 heavy (non-hydrogen) atoms. The summed E-state index contributed by atoms with van der Waals surface area (Å²) < 4.78 is 0. The molecular weight excluding hydrogens is 271 g/mol. The van der Waals surface area contributed by atoms with Crippen LogP contribution < -0.4 is 10.6 Å². The largest absolute Gasteiger partial charge is 0.351 e. The van der Waals surface area contributed by atoms with E-state index in [1.807, 2.05) is 24.3 Å². The predicted molar refractivity (Wildman–Crippen MR) is 76.2 cm³/mol. The van der Waals surface area contributed by atoms with E-state index >= 15 is 0 Å². The number of hydrogen-bond donors (Lipinski definition) is 2. The number of hydrogen-bond acceptors (Lipinski definition) is 2. The van der Waals surface area contributed by atoms with Crippen LogP contribution in [0.15, 0.2) is 24.3 Å². The molecule has 3 nitrogen and oxygen atoms in total. The molecule has 1 saturated heterocycles. The highest BCUT2D eigenvalue weighted by Gasteiger charge is 2.19. The third-order valence-electron chi connectivity index (χ3n) is 3.04. The minimum absolute atomic E-state index is 0. The van der Waals surface area contributed by atoms with Crippen molar-refractivity contribution in [1.82, 2.24) is 10.6 Å². The topological polar surface area (TPSA) is 41.1 Å². The highest BCUT2D eigenvalue weighted by atomic mass is 35.5. The molecule has 0 radical (unpaired) electrons. The average Bonchev–Trinajstić information content (AvgIpc) is 2.38. The zero-order valence-corrected chi connectivity index (χ0v) is 11.7. The lowest BCUT2D eigenvalue weighted by atomic mass is 10.0. The molecule has 1 aliphatic heterocycles. The summed E-state index contributed by atoms with van der Waals surface area (Å²) in [7, 11) is 0. The number of rotatable bonds is 3. The van der Waals surface area contributed by atoms with Gasteiger partial charge in [-0.3, -0.25) is 4.79 Å². The third kappa shape index (κ3) is 4.16. The normalized spacial score (nSPS) is 18.8. The Labute approximate surface area is 119 Å². The van der Waals surface area contributed by atoms with Crippen molar-refractivity contribution in [3.05, 3.63) is 34.9 Å². The van der Waals surface area contributed by atoms with E-state index in [0.717, 1.165) is 31.4 Å². The van der Waals surface area contributed by atoms with Crippen molar-refractivity contribution in [2.45, 2.75) is 31.8 Å². The molecule has 1 amide bonds. The number of carbonyl (C=O) groups excluding carboxylic acids is 1. The Kier molecular flexibility index (Phi) is 6.47. The maximum absolute atomic E-state index is 11.9. The van der Waals surface area contributed by atoms with Gasteiger partial charge < -0.3 is 10.6 Å². The van der Waals surface area contributed by atoms with Crippen molar-refractivity contribution in [3.8, 4) is 0 Å². The second-order valence-corrected chi connectivity index (χ2v) is 4.72. The minimum atomic E-state index is -0.0359. The maximum atomic E-state index is 11.9. The summed E-state index contributed by atoms with van der Waals surface area (Å²) >= 11 is 6.03. The molecule has 2 rings (SSSR count). The molecule has 1 aliphatic rings. The van der Waals surface area contributed by atoms with Gasteiger partial charge in [0.05, 0.1) is 6.04 Å².